The van der Waals surface area contributed by atoms with Gasteiger partial charge in [0.25, 0.3) is 0 Å². The van der Waals surface area contributed by atoms with Crippen molar-refractivity contribution in [1.82, 2.24) is 0 Å². The topological polar surface area (TPSA) is 26.3 Å². The van der Waals surface area contributed by atoms with Crippen molar-refractivity contribution in [2.24, 2.45) is 0 Å². The molecule has 0 N–H and O–H groups in total. The van der Waals surface area contributed by atoms with Crippen molar-refractivity contribution in [2.45, 2.75) is 6.92 Å². The van der Waals surface area contributed by atoms with Crippen molar-refractivity contribution >= 4 is 49.6 Å². The van der Waals surface area contributed by atoms with Crippen LogP contribution in [0.5, 0.6) is 0 Å². The summed E-state index contributed by atoms with van der Waals surface area (Å²) < 4.78 is 13.1. The molecule has 0 spiro atoms. The molecule has 3 heteroatoms. The molecule has 0 fully saturated rings. The van der Waals surface area contributed by atoms with E-state index in [0.717, 1.165) is 55.1 Å². The SMILES string of the molecule is C=C(c1c(C)ccc2c1oc1ccc3oc4ccccc4c3c12)[N+](C)(C)C. The maximum atomic E-state index is 6.39. The molecule has 2 heterocycles. The van der Waals surface area contributed by atoms with E-state index >= 15 is 0 Å². The third kappa shape index (κ3) is 2.18. The average Bonchev–Trinajstić information content (AvgIpc) is 3.17. The van der Waals surface area contributed by atoms with Gasteiger partial charge in [-0.3, -0.25) is 4.48 Å². The molecule has 0 aliphatic rings. The van der Waals surface area contributed by atoms with Gasteiger partial charge in [0.1, 0.15) is 28.0 Å². The van der Waals surface area contributed by atoms with Crippen molar-refractivity contribution < 1.29 is 13.3 Å². The number of aryl methyl sites for hydroxylation is 1. The third-order valence-electron chi connectivity index (χ3n) is 5.45. The maximum Gasteiger partial charge on any atom is 0.148 e. The fraction of sp³-hybridized carbons (Fsp3) is 0.167. The highest BCUT2D eigenvalue weighted by Gasteiger charge is 2.25. The number of para-hydroxylation sites is 1. The molecule has 3 nitrogen and oxygen atoms in total. The number of quaternary nitrogens is 1. The van der Waals surface area contributed by atoms with Gasteiger partial charge in [-0.2, -0.15) is 0 Å². The molecule has 0 saturated heterocycles. The Labute approximate surface area is 157 Å². The highest BCUT2D eigenvalue weighted by atomic mass is 16.3. The van der Waals surface area contributed by atoms with E-state index in [2.05, 4.69) is 52.8 Å². The summed E-state index contributed by atoms with van der Waals surface area (Å²) in [6, 6.07) is 16.5. The highest BCUT2D eigenvalue weighted by molar-refractivity contribution is 6.26. The number of fused-ring (bicyclic) bond motifs is 7. The van der Waals surface area contributed by atoms with Gasteiger partial charge >= 0.3 is 0 Å². The van der Waals surface area contributed by atoms with Crippen molar-refractivity contribution in [2.75, 3.05) is 21.1 Å². The quantitative estimate of drug-likeness (QED) is 0.339. The summed E-state index contributed by atoms with van der Waals surface area (Å²) in [5.41, 5.74) is 6.87. The molecule has 3 aromatic carbocycles. The normalized spacial score (nSPS) is 12.6. The van der Waals surface area contributed by atoms with Crippen molar-refractivity contribution in [3.63, 3.8) is 0 Å². The first-order valence-corrected chi connectivity index (χ1v) is 9.13. The summed E-state index contributed by atoms with van der Waals surface area (Å²) in [5, 5.41) is 4.46. The Bertz CT molecular complexity index is 1380. The second-order valence-corrected chi connectivity index (χ2v) is 8.11. The molecule has 0 unspecified atom stereocenters. The van der Waals surface area contributed by atoms with Gasteiger partial charge in [-0.15, -0.1) is 0 Å². The summed E-state index contributed by atoms with van der Waals surface area (Å²) >= 11 is 0. The van der Waals surface area contributed by atoms with Gasteiger partial charge in [-0.1, -0.05) is 30.3 Å². The Hall–Kier alpha value is -3.04. The molecule has 2 aromatic heterocycles. The van der Waals surface area contributed by atoms with E-state index in [4.69, 9.17) is 8.83 Å². The molecule has 0 radical (unpaired) electrons. The number of hydrogen-bond acceptors (Lipinski definition) is 2. The van der Waals surface area contributed by atoms with E-state index in [1.54, 1.807) is 0 Å². The van der Waals surface area contributed by atoms with Gasteiger partial charge in [0, 0.05) is 21.5 Å². The first-order chi connectivity index (χ1) is 12.9. The molecule has 134 valence electrons. The highest BCUT2D eigenvalue weighted by Crippen LogP contribution is 2.42. The summed E-state index contributed by atoms with van der Waals surface area (Å²) in [7, 11) is 6.39. The summed E-state index contributed by atoms with van der Waals surface area (Å²) in [4.78, 5) is 0. The Balaban J connectivity index is 1.99. The predicted molar refractivity (Wildman–Crippen MR) is 113 cm³/mol. The second kappa shape index (κ2) is 5.24. The maximum absolute atomic E-state index is 6.39. The van der Waals surface area contributed by atoms with Crippen LogP contribution in [0.4, 0.5) is 0 Å². The minimum absolute atomic E-state index is 0.654. The summed E-state index contributed by atoms with van der Waals surface area (Å²) in [6.07, 6.45) is 0. The van der Waals surface area contributed by atoms with Gasteiger partial charge < -0.3 is 8.83 Å². The number of rotatable bonds is 2. The molecule has 0 amide bonds. The molecule has 0 atom stereocenters. The van der Waals surface area contributed by atoms with Gasteiger partial charge in [0.05, 0.1) is 26.7 Å². The van der Waals surface area contributed by atoms with E-state index in [0.29, 0.717) is 4.48 Å². The lowest BCUT2D eigenvalue weighted by Gasteiger charge is -2.26. The lowest BCUT2D eigenvalue weighted by molar-refractivity contribution is -0.795. The standard InChI is InChI=1S/C24H22NO2/c1-14-10-11-17-23-20(27-24(17)21(14)15(2)25(3,4)5)13-12-19-22(23)16-8-6-7-9-18(16)26-19/h6-13H,2H2,1,3-5H3/q+1. The van der Waals surface area contributed by atoms with Crippen LogP contribution >= 0.6 is 0 Å². The van der Waals surface area contributed by atoms with Gasteiger partial charge in [0.2, 0.25) is 0 Å². The van der Waals surface area contributed by atoms with Crippen LogP contribution in [0.2, 0.25) is 0 Å². The zero-order valence-electron chi connectivity index (χ0n) is 16.1. The summed E-state index contributed by atoms with van der Waals surface area (Å²) in [6.45, 7) is 6.49. The molecule has 0 aliphatic carbocycles. The third-order valence-corrected chi connectivity index (χ3v) is 5.45. The Morgan fingerprint density at radius 3 is 2.19 bits per heavy atom. The zero-order chi connectivity index (χ0) is 18.9. The molecular weight excluding hydrogens is 334 g/mol. The van der Waals surface area contributed by atoms with E-state index in [1.807, 2.05) is 30.3 Å². The van der Waals surface area contributed by atoms with Crippen molar-refractivity contribution in [3.05, 3.63) is 66.2 Å². The van der Waals surface area contributed by atoms with Crippen LogP contribution in [0.1, 0.15) is 11.1 Å². The van der Waals surface area contributed by atoms with Crippen LogP contribution in [-0.2, 0) is 0 Å². The van der Waals surface area contributed by atoms with Crippen LogP contribution in [0.25, 0.3) is 49.6 Å². The fourth-order valence-corrected chi connectivity index (χ4v) is 3.94. The minimum atomic E-state index is 0.654. The first-order valence-electron chi connectivity index (χ1n) is 9.13. The van der Waals surface area contributed by atoms with Crippen LogP contribution in [0, 0.1) is 6.92 Å². The van der Waals surface area contributed by atoms with Gasteiger partial charge in [-0.05, 0) is 37.3 Å². The largest absolute Gasteiger partial charge is 0.456 e. The number of furan rings is 2. The number of benzene rings is 3. The van der Waals surface area contributed by atoms with Crippen LogP contribution in [-0.4, -0.2) is 25.6 Å². The van der Waals surface area contributed by atoms with E-state index in [1.165, 1.54) is 5.56 Å². The second-order valence-electron chi connectivity index (χ2n) is 8.11. The van der Waals surface area contributed by atoms with Crippen LogP contribution < -0.4 is 0 Å². The molecule has 0 saturated carbocycles. The molecule has 5 rings (SSSR count). The first kappa shape index (κ1) is 16.2. The smallest absolute Gasteiger partial charge is 0.148 e. The molecular formula is C24H22NO2+. The predicted octanol–water partition coefficient (Wildman–Crippen LogP) is 6.47. The monoisotopic (exact) mass is 356 g/mol. The summed E-state index contributed by atoms with van der Waals surface area (Å²) in [5.74, 6) is 0. The van der Waals surface area contributed by atoms with E-state index < -0.39 is 0 Å². The Morgan fingerprint density at radius 2 is 1.44 bits per heavy atom. The van der Waals surface area contributed by atoms with Crippen LogP contribution in [0.15, 0.2) is 63.9 Å². The number of hydrogen-bond donors (Lipinski definition) is 0. The van der Waals surface area contributed by atoms with Crippen molar-refractivity contribution in [1.29, 1.82) is 0 Å². The van der Waals surface area contributed by atoms with Gasteiger partial charge in [0.15, 0.2) is 0 Å². The molecule has 0 aliphatic heterocycles. The molecule has 27 heavy (non-hydrogen) atoms. The Morgan fingerprint density at radius 1 is 0.778 bits per heavy atom. The van der Waals surface area contributed by atoms with Crippen molar-refractivity contribution in [3.8, 4) is 0 Å². The lowest BCUT2D eigenvalue weighted by atomic mass is 9.99. The lowest BCUT2D eigenvalue weighted by Crippen LogP contribution is -2.31. The molecule has 5 aromatic rings. The fourth-order valence-electron chi connectivity index (χ4n) is 3.94. The molecule has 0 bridgehead atoms. The minimum Gasteiger partial charge on any atom is -0.456 e. The van der Waals surface area contributed by atoms with E-state index in [9.17, 15) is 0 Å². The van der Waals surface area contributed by atoms with E-state index in [-0.39, 0.29) is 0 Å². The van der Waals surface area contributed by atoms with Gasteiger partial charge in [-0.25, -0.2) is 0 Å². The zero-order valence-corrected chi connectivity index (χ0v) is 16.1. The average molecular weight is 356 g/mol. The van der Waals surface area contributed by atoms with Crippen LogP contribution in [0.3, 0.4) is 0 Å². The Kier molecular flexibility index (Phi) is 3.14. The number of nitrogens with zero attached hydrogens (tertiary/aromatic N) is 1.